The second-order valence-corrected chi connectivity index (χ2v) is 8.07. The van der Waals surface area contributed by atoms with Gasteiger partial charge in [-0.3, -0.25) is 9.78 Å². The summed E-state index contributed by atoms with van der Waals surface area (Å²) in [4.78, 5) is 30.7. The molecule has 32 heavy (non-hydrogen) atoms. The number of esters is 1. The zero-order valence-corrected chi connectivity index (χ0v) is 18.8. The summed E-state index contributed by atoms with van der Waals surface area (Å²) in [6.45, 7) is 2.04. The Labute approximate surface area is 194 Å². The second-order valence-electron chi connectivity index (χ2n) is 7.25. The third-order valence-corrected chi connectivity index (χ3v) is 6.04. The first kappa shape index (κ1) is 21.9. The number of hydrogen-bond acceptors (Lipinski definition) is 6. The summed E-state index contributed by atoms with van der Waals surface area (Å²) < 4.78 is 12.2. The molecule has 0 saturated heterocycles. The van der Waals surface area contributed by atoms with E-state index in [2.05, 4.69) is 4.98 Å². The van der Waals surface area contributed by atoms with E-state index in [9.17, 15) is 9.59 Å². The van der Waals surface area contributed by atoms with Crippen LogP contribution < -0.4 is 16.0 Å². The molecule has 0 saturated carbocycles. The number of carbonyl (C=O) groups excluding carboxylic acids is 1. The SMILES string of the molecule is COC(=O)C1=C(N)Oc2cc(C)n(Cc3ccccn3)c(=O)c2[C@H]1c1ccc(Cl)c(Cl)c1. The van der Waals surface area contributed by atoms with Gasteiger partial charge in [-0.25, -0.2) is 4.79 Å². The van der Waals surface area contributed by atoms with Crippen LogP contribution in [0.5, 0.6) is 5.75 Å². The van der Waals surface area contributed by atoms with Crippen LogP contribution >= 0.6 is 23.2 Å². The molecule has 1 aliphatic heterocycles. The minimum atomic E-state index is -0.857. The number of benzene rings is 1. The molecule has 0 spiro atoms. The molecule has 0 unspecified atom stereocenters. The number of aromatic nitrogens is 2. The van der Waals surface area contributed by atoms with Crippen LogP contribution in [0.3, 0.4) is 0 Å². The predicted molar refractivity (Wildman–Crippen MR) is 121 cm³/mol. The first-order chi connectivity index (χ1) is 15.3. The quantitative estimate of drug-likeness (QED) is 0.581. The maximum Gasteiger partial charge on any atom is 0.340 e. The number of aryl methyl sites for hydroxylation is 1. The number of hydrogen-bond donors (Lipinski definition) is 1. The van der Waals surface area contributed by atoms with Gasteiger partial charge in [0.25, 0.3) is 5.56 Å². The maximum absolute atomic E-state index is 13.7. The lowest BCUT2D eigenvalue weighted by Crippen LogP contribution is -2.35. The van der Waals surface area contributed by atoms with Gasteiger partial charge >= 0.3 is 5.97 Å². The fraction of sp³-hybridized carbons (Fsp3) is 0.174. The van der Waals surface area contributed by atoms with Crippen molar-refractivity contribution in [2.24, 2.45) is 5.73 Å². The van der Waals surface area contributed by atoms with Crippen molar-refractivity contribution in [3.05, 3.63) is 103 Å². The zero-order chi connectivity index (χ0) is 23.0. The lowest BCUT2D eigenvalue weighted by atomic mass is 9.83. The summed E-state index contributed by atoms with van der Waals surface area (Å²) in [5, 5.41) is 0.622. The van der Waals surface area contributed by atoms with Gasteiger partial charge in [0.1, 0.15) is 11.3 Å². The third kappa shape index (κ3) is 3.85. The normalized spacial score (nSPS) is 15.2. The molecule has 0 aliphatic carbocycles. The van der Waals surface area contributed by atoms with E-state index in [0.29, 0.717) is 22.0 Å². The average molecular weight is 472 g/mol. The Kier molecular flexibility index (Phi) is 5.95. The molecule has 2 aromatic heterocycles. The molecular weight excluding hydrogens is 453 g/mol. The van der Waals surface area contributed by atoms with E-state index in [-0.39, 0.29) is 39.9 Å². The van der Waals surface area contributed by atoms with Crippen LogP contribution in [0, 0.1) is 6.92 Å². The molecule has 0 radical (unpaired) electrons. The van der Waals surface area contributed by atoms with Gasteiger partial charge in [0.05, 0.1) is 40.9 Å². The van der Waals surface area contributed by atoms with Crippen LogP contribution in [0.4, 0.5) is 0 Å². The number of ether oxygens (including phenoxy) is 2. The molecule has 1 aromatic carbocycles. The highest BCUT2D eigenvalue weighted by atomic mass is 35.5. The smallest absolute Gasteiger partial charge is 0.340 e. The van der Waals surface area contributed by atoms with Gasteiger partial charge in [-0.15, -0.1) is 0 Å². The minimum Gasteiger partial charge on any atom is -0.465 e. The summed E-state index contributed by atoms with van der Waals surface area (Å²) >= 11 is 12.3. The lowest BCUT2D eigenvalue weighted by Gasteiger charge is -2.29. The van der Waals surface area contributed by atoms with Gasteiger partial charge in [0.2, 0.25) is 5.88 Å². The summed E-state index contributed by atoms with van der Waals surface area (Å²) in [6.07, 6.45) is 1.66. The second kappa shape index (κ2) is 8.68. The maximum atomic E-state index is 13.7. The molecule has 164 valence electrons. The highest BCUT2D eigenvalue weighted by molar-refractivity contribution is 6.42. The standard InChI is InChI=1S/C23H19Cl2N3O4/c1-12-9-17-19(22(29)28(12)11-14-5-3-4-8-27-14)18(13-6-7-15(24)16(25)10-13)20(21(26)32-17)23(30)31-2/h3-10,18H,11,26H2,1-2H3/t18-/m1/s1. The van der Waals surface area contributed by atoms with Crippen molar-refractivity contribution in [2.75, 3.05) is 7.11 Å². The van der Waals surface area contributed by atoms with Crippen LogP contribution in [-0.4, -0.2) is 22.6 Å². The van der Waals surface area contributed by atoms with Crippen molar-refractivity contribution in [3.63, 3.8) is 0 Å². The Morgan fingerprint density at radius 1 is 1.22 bits per heavy atom. The van der Waals surface area contributed by atoms with Gasteiger partial charge in [0, 0.05) is 18.0 Å². The van der Waals surface area contributed by atoms with Crippen LogP contribution in [0.15, 0.2) is 64.9 Å². The molecule has 0 fully saturated rings. The zero-order valence-electron chi connectivity index (χ0n) is 17.3. The van der Waals surface area contributed by atoms with Crippen LogP contribution in [0.1, 0.15) is 28.4 Å². The van der Waals surface area contributed by atoms with E-state index in [4.69, 9.17) is 38.4 Å². The highest BCUT2D eigenvalue weighted by Gasteiger charge is 2.38. The Balaban J connectivity index is 1.96. The van der Waals surface area contributed by atoms with Crippen LogP contribution in [0.25, 0.3) is 0 Å². The summed E-state index contributed by atoms with van der Waals surface area (Å²) in [6, 6.07) is 12.1. The van der Waals surface area contributed by atoms with E-state index in [1.807, 2.05) is 12.1 Å². The Morgan fingerprint density at radius 3 is 2.66 bits per heavy atom. The molecule has 2 N–H and O–H groups in total. The van der Waals surface area contributed by atoms with E-state index in [0.717, 1.165) is 0 Å². The van der Waals surface area contributed by atoms with E-state index >= 15 is 0 Å². The van der Waals surface area contributed by atoms with Gasteiger partial charge in [-0.1, -0.05) is 35.3 Å². The predicted octanol–water partition coefficient (Wildman–Crippen LogP) is 3.77. The Bertz CT molecular complexity index is 1300. The van der Waals surface area contributed by atoms with Crippen LogP contribution in [0.2, 0.25) is 10.0 Å². The molecule has 3 heterocycles. The molecular formula is C23H19Cl2N3O4. The number of methoxy groups -OCH3 is 1. The molecule has 1 atom stereocenters. The van der Waals surface area contributed by atoms with Crippen molar-refractivity contribution in [1.82, 2.24) is 9.55 Å². The van der Waals surface area contributed by atoms with Crippen molar-refractivity contribution in [1.29, 1.82) is 0 Å². The summed E-state index contributed by atoms with van der Waals surface area (Å²) in [5.41, 5.74) is 7.96. The minimum absolute atomic E-state index is 0.0173. The van der Waals surface area contributed by atoms with Crippen LogP contribution in [-0.2, 0) is 16.1 Å². The molecule has 7 nitrogen and oxygen atoms in total. The van der Waals surface area contributed by atoms with Crippen molar-refractivity contribution in [2.45, 2.75) is 19.4 Å². The Morgan fingerprint density at radius 2 is 2.00 bits per heavy atom. The molecule has 4 rings (SSSR count). The molecule has 1 aliphatic rings. The van der Waals surface area contributed by atoms with Gasteiger partial charge in [-0.05, 0) is 36.8 Å². The van der Waals surface area contributed by atoms with E-state index < -0.39 is 11.9 Å². The number of carbonyl (C=O) groups is 1. The number of halogens is 2. The van der Waals surface area contributed by atoms with Crippen molar-refractivity contribution >= 4 is 29.2 Å². The van der Waals surface area contributed by atoms with E-state index in [1.54, 1.807) is 48.0 Å². The first-order valence-electron chi connectivity index (χ1n) is 9.66. The fourth-order valence-electron chi connectivity index (χ4n) is 3.77. The van der Waals surface area contributed by atoms with E-state index in [1.165, 1.54) is 7.11 Å². The number of fused-ring (bicyclic) bond motifs is 1. The third-order valence-electron chi connectivity index (χ3n) is 5.30. The number of rotatable bonds is 4. The van der Waals surface area contributed by atoms with Gasteiger partial charge in [-0.2, -0.15) is 0 Å². The molecule has 9 heteroatoms. The highest BCUT2D eigenvalue weighted by Crippen LogP contribution is 2.42. The van der Waals surface area contributed by atoms with Crippen molar-refractivity contribution < 1.29 is 14.3 Å². The average Bonchev–Trinajstić information content (AvgIpc) is 2.78. The molecule has 3 aromatic rings. The van der Waals surface area contributed by atoms with Gasteiger partial charge in [0.15, 0.2) is 0 Å². The largest absolute Gasteiger partial charge is 0.465 e. The number of pyridine rings is 2. The summed E-state index contributed by atoms with van der Waals surface area (Å²) in [5.74, 6) is -1.43. The topological polar surface area (TPSA) is 96.4 Å². The van der Waals surface area contributed by atoms with Gasteiger partial charge < -0.3 is 19.8 Å². The monoisotopic (exact) mass is 471 g/mol. The lowest BCUT2D eigenvalue weighted by molar-refractivity contribution is -0.136. The first-order valence-corrected chi connectivity index (χ1v) is 10.4. The molecule has 0 bridgehead atoms. The van der Waals surface area contributed by atoms with Crippen molar-refractivity contribution in [3.8, 4) is 5.75 Å². The summed E-state index contributed by atoms with van der Waals surface area (Å²) in [7, 11) is 1.23. The fourth-order valence-corrected chi connectivity index (χ4v) is 4.08. The number of nitrogens with zero attached hydrogens (tertiary/aromatic N) is 2. The molecule has 0 amide bonds. The Hall–Kier alpha value is -3.29. The number of nitrogens with two attached hydrogens (primary N) is 1.